The second kappa shape index (κ2) is 4.70. The Balaban J connectivity index is 1.49. The van der Waals surface area contributed by atoms with E-state index in [1.54, 1.807) is 0 Å². The van der Waals surface area contributed by atoms with Crippen LogP contribution in [0.1, 0.15) is 56.7 Å². The van der Waals surface area contributed by atoms with Gasteiger partial charge in [0.2, 0.25) is 5.13 Å². The van der Waals surface area contributed by atoms with Crippen molar-refractivity contribution in [3.63, 3.8) is 0 Å². The van der Waals surface area contributed by atoms with E-state index in [1.165, 1.54) is 56.5 Å². The lowest BCUT2D eigenvalue weighted by Gasteiger charge is -2.21. The van der Waals surface area contributed by atoms with Crippen molar-refractivity contribution >= 4 is 16.7 Å². The van der Waals surface area contributed by atoms with Crippen molar-refractivity contribution in [3.8, 4) is 0 Å². The third kappa shape index (κ3) is 2.54. The quantitative estimate of drug-likeness (QED) is 0.872. The Morgan fingerprint density at radius 2 is 1.94 bits per heavy atom. The largest absolute Gasteiger partial charge is 0.360 e. The van der Waals surface area contributed by atoms with Crippen molar-refractivity contribution in [1.82, 2.24) is 9.36 Å². The number of nitrogens with zero attached hydrogens (tertiary/aromatic N) is 2. The van der Waals surface area contributed by atoms with Crippen LogP contribution in [0, 0.1) is 5.92 Å². The van der Waals surface area contributed by atoms with Gasteiger partial charge in [-0.2, -0.15) is 4.37 Å². The van der Waals surface area contributed by atoms with Gasteiger partial charge in [-0.25, -0.2) is 4.98 Å². The van der Waals surface area contributed by atoms with Crippen LogP contribution in [0.25, 0.3) is 0 Å². The zero-order chi connectivity index (χ0) is 10.8. The summed E-state index contributed by atoms with van der Waals surface area (Å²) in [6.07, 6.45) is 9.62. The molecule has 0 aromatic carbocycles. The molecule has 0 aliphatic heterocycles. The first-order chi connectivity index (χ1) is 7.92. The number of nitrogens with one attached hydrogen (secondary N) is 1. The lowest BCUT2D eigenvalue weighted by atomic mass is 9.89. The summed E-state index contributed by atoms with van der Waals surface area (Å²) in [5.74, 6) is 2.62. The molecule has 0 bridgehead atoms. The fraction of sp³-hybridized carbons (Fsp3) is 0.833. The first-order valence-electron chi connectivity index (χ1n) is 6.49. The predicted molar refractivity (Wildman–Crippen MR) is 66.9 cm³/mol. The average molecular weight is 237 g/mol. The van der Waals surface area contributed by atoms with Gasteiger partial charge in [-0.1, -0.05) is 19.3 Å². The Morgan fingerprint density at radius 3 is 2.69 bits per heavy atom. The van der Waals surface area contributed by atoms with Gasteiger partial charge >= 0.3 is 0 Å². The van der Waals surface area contributed by atoms with Crippen LogP contribution in [0.5, 0.6) is 0 Å². The van der Waals surface area contributed by atoms with Gasteiger partial charge in [-0.05, 0) is 31.6 Å². The highest BCUT2D eigenvalue weighted by atomic mass is 32.1. The summed E-state index contributed by atoms with van der Waals surface area (Å²) in [6, 6.07) is 0. The maximum Gasteiger partial charge on any atom is 0.202 e. The maximum atomic E-state index is 4.55. The highest BCUT2D eigenvalue weighted by molar-refractivity contribution is 7.09. The second-order valence-corrected chi connectivity index (χ2v) is 5.87. The van der Waals surface area contributed by atoms with E-state index in [0.29, 0.717) is 5.92 Å². The Morgan fingerprint density at radius 1 is 1.12 bits per heavy atom. The number of rotatable bonds is 4. The molecule has 2 aliphatic carbocycles. The molecule has 16 heavy (non-hydrogen) atoms. The fourth-order valence-corrected chi connectivity index (χ4v) is 3.09. The zero-order valence-electron chi connectivity index (χ0n) is 9.61. The fourth-order valence-electron chi connectivity index (χ4n) is 2.44. The molecule has 0 saturated heterocycles. The van der Waals surface area contributed by atoms with Gasteiger partial charge in [0.25, 0.3) is 0 Å². The van der Waals surface area contributed by atoms with Gasteiger partial charge in [-0.3, -0.25) is 0 Å². The molecule has 88 valence electrons. The summed E-state index contributed by atoms with van der Waals surface area (Å²) in [5, 5.41) is 4.50. The van der Waals surface area contributed by atoms with E-state index in [0.717, 1.165) is 23.4 Å². The topological polar surface area (TPSA) is 37.8 Å². The monoisotopic (exact) mass is 237 g/mol. The first kappa shape index (κ1) is 10.5. The molecule has 1 aromatic rings. The molecule has 0 amide bonds. The van der Waals surface area contributed by atoms with E-state index < -0.39 is 0 Å². The van der Waals surface area contributed by atoms with Crippen LogP contribution in [-0.2, 0) is 0 Å². The molecule has 2 fully saturated rings. The van der Waals surface area contributed by atoms with E-state index in [9.17, 15) is 0 Å². The average Bonchev–Trinajstić information content (AvgIpc) is 3.08. The van der Waals surface area contributed by atoms with Crippen molar-refractivity contribution in [2.45, 2.75) is 50.9 Å². The van der Waals surface area contributed by atoms with Crippen LogP contribution in [0.3, 0.4) is 0 Å². The maximum absolute atomic E-state index is 4.55. The molecule has 0 radical (unpaired) electrons. The van der Waals surface area contributed by atoms with Gasteiger partial charge in [0, 0.05) is 24.0 Å². The Bertz CT molecular complexity index is 340. The molecular formula is C12H19N3S. The standard InChI is InChI=1S/C12H19N3S/c1-2-4-9(5-3-1)8-13-12-14-11(15-16-12)10-6-7-10/h9-10H,1-8H2,(H,13,14,15). The molecule has 0 unspecified atom stereocenters. The lowest BCUT2D eigenvalue weighted by Crippen LogP contribution is -2.16. The Kier molecular flexibility index (Phi) is 3.09. The van der Waals surface area contributed by atoms with Crippen LogP contribution in [0.2, 0.25) is 0 Å². The van der Waals surface area contributed by atoms with Gasteiger partial charge in [0.1, 0.15) is 5.82 Å². The molecule has 1 aromatic heterocycles. The van der Waals surface area contributed by atoms with Gasteiger partial charge in [0.15, 0.2) is 0 Å². The van der Waals surface area contributed by atoms with Crippen LogP contribution in [-0.4, -0.2) is 15.9 Å². The van der Waals surface area contributed by atoms with Gasteiger partial charge in [0.05, 0.1) is 0 Å². The minimum atomic E-state index is 0.682. The third-order valence-corrected chi connectivity index (χ3v) is 4.34. The van der Waals surface area contributed by atoms with Crippen molar-refractivity contribution < 1.29 is 0 Å². The molecule has 2 aliphatic rings. The molecule has 1 heterocycles. The number of hydrogen-bond acceptors (Lipinski definition) is 4. The van der Waals surface area contributed by atoms with Crippen molar-refractivity contribution in [2.24, 2.45) is 5.92 Å². The normalized spacial score (nSPS) is 22.2. The minimum absolute atomic E-state index is 0.682. The lowest BCUT2D eigenvalue weighted by molar-refractivity contribution is 0.373. The van der Waals surface area contributed by atoms with Gasteiger partial charge in [-0.15, -0.1) is 0 Å². The van der Waals surface area contributed by atoms with Gasteiger partial charge < -0.3 is 5.32 Å². The van der Waals surface area contributed by atoms with Crippen molar-refractivity contribution in [1.29, 1.82) is 0 Å². The summed E-state index contributed by atoms with van der Waals surface area (Å²) in [4.78, 5) is 4.55. The van der Waals surface area contributed by atoms with Crippen LogP contribution < -0.4 is 5.32 Å². The number of aromatic nitrogens is 2. The smallest absolute Gasteiger partial charge is 0.202 e. The van der Waals surface area contributed by atoms with E-state index in [2.05, 4.69) is 14.7 Å². The molecule has 2 saturated carbocycles. The second-order valence-electron chi connectivity index (χ2n) is 5.12. The molecule has 3 rings (SSSR count). The Labute approximate surface area is 101 Å². The third-order valence-electron chi connectivity index (χ3n) is 3.65. The summed E-state index contributed by atoms with van der Waals surface area (Å²) in [6.45, 7) is 1.10. The SMILES string of the molecule is C1CCC(CNc2nc(C3CC3)ns2)CC1. The highest BCUT2D eigenvalue weighted by Gasteiger charge is 2.27. The Hall–Kier alpha value is -0.640. The summed E-state index contributed by atoms with van der Waals surface area (Å²) >= 11 is 1.53. The summed E-state index contributed by atoms with van der Waals surface area (Å²) < 4.78 is 4.41. The zero-order valence-corrected chi connectivity index (χ0v) is 10.4. The van der Waals surface area contributed by atoms with E-state index in [1.807, 2.05) is 0 Å². The van der Waals surface area contributed by atoms with E-state index in [-0.39, 0.29) is 0 Å². The van der Waals surface area contributed by atoms with E-state index >= 15 is 0 Å². The summed E-state index contributed by atoms with van der Waals surface area (Å²) in [7, 11) is 0. The molecule has 0 spiro atoms. The molecule has 3 nitrogen and oxygen atoms in total. The minimum Gasteiger partial charge on any atom is -0.360 e. The summed E-state index contributed by atoms with van der Waals surface area (Å²) in [5.41, 5.74) is 0. The number of anilines is 1. The van der Waals surface area contributed by atoms with Crippen LogP contribution in [0.4, 0.5) is 5.13 Å². The van der Waals surface area contributed by atoms with Crippen LogP contribution in [0.15, 0.2) is 0 Å². The number of hydrogen-bond donors (Lipinski definition) is 1. The van der Waals surface area contributed by atoms with Crippen LogP contribution >= 0.6 is 11.5 Å². The molecule has 4 heteroatoms. The predicted octanol–water partition coefficient (Wildman–Crippen LogP) is 3.41. The molecule has 0 atom stereocenters. The van der Waals surface area contributed by atoms with E-state index in [4.69, 9.17) is 0 Å². The van der Waals surface area contributed by atoms with Crippen molar-refractivity contribution in [2.75, 3.05) is 11.9 Å². The first-order valence-corrected chi connectivity index (χ1v) is 7.26. The van der Waals surface area contributed by atoms with Crippen molar-refractivity contribution in [3.05, 3.63) is 5.82 Å². The molecular weight excluding hydrogens is 218 g/mol. The highest BCUT2D eigenvalue weighted by Crippen LogP contribution is 2.39. The molecule has 1 N–H and O–H groups in total.